The van der Waals surface area contributed by atoms with Gasteiger partial charge in [0.2, 0.25) is 5.75 Å². The Morgan fingerprint density at radius 2 is 1.48 bits per heavy atom. The van der Waals surface area contributed by atoms with E-state index in [1.54, 1.807) is 42.5 Å². The average molecular weight is 586 g/mol. The molecule has 2 heterocycles. The Balaban J connectivity index is 1.73. The standard InChI is InChI=1S/C34H32ClNO6/c1-33(2,3)32(39)28-27(19-16-24(40-4)29(42-6)25(17-19)41-5)34(30(37)21-9-7-8-10-22(21)31(34)38)26-14-11-18-15-20(35)12-13-23(18)36(26)28/h7-17,26-28H,1-6H3/t26-,27+,28-/m0/s1. The number of anilines is 1. The van der Waals surface area contributed by atoms with E-state index in [9.17, 15) is 14.4 Å². The number of ketones is 3. The summed E-state index contributed by atoms with van der Waals surface area (Å²) in [5, 5.41) is 0.547. The van der Waals surface area contributed by atoms with Crippen LogP contribution in [0.25, 0.3) is 6.08 Å². The van der Waals surface area contributed by atoms with Gasteiger partial charge in [-0.3, -0.25) is 14.4 Å². The summed E-state index contributed by atoms with van der Waals surface area (Å²) in [7, 11) is 4.53. The number of hydrogen-bond donors (Lipinski definition) is 0. The number of nitrogens with zero attached hydrogens (tertiary/aromatic N) is 1. The van der Waals surface area contributed by atoms with E-state index in [2.05, 4.69) is 0 Å². The lowest BCUT2D eigenvalue weighted by Gasteiger charge is -2.38. The maximum Gasteiger partial charge on any atom is 0.203 e. The minimum atomic E-state index is -1.63. The van der Waals surface area contributed by atoms with Gasteiger partial charge in [0.05, 0.1) is 33.4 Å². The highest BCUT2D eigenvalue weighted by Crippen LogP contribution is 2.62. The lowest BCUT2D eigenvalue weighted by Crippen LogP contribution is -2.49. The molecule has 8 heteroatoms. The van der Waals surface area contributed by atoms with Gasteiger partial charge in [-0.1, -0.05) is 68.8 Å². The molecule has 0 saturated carbocycles. The summed E-state index contributed by atoms with van der Waals surface area (Å²) in [6.07, 6.45) is 3.77. The number of ether oxygens (including phenoxy) is 3. The van der Waals surface area contributed by atoms with Crippen LogP contribution in [-0.2, 0) is 4.79 Å². The molecule has 0 aromatic heterocycles. The van der Waals surface area contributed by atoms with Crippen molar-refractivity contribution in [1.82, 2.24) is 0 Å². The van der Waals surface area contributed by atoms with Crippen molar-refractivity contribution in [1.29, 1.82) is 0 Å². The minimum Gasteiger partial charge on any atom is -0.493 e. The number of carbonyl (C=O) groups excluding carboxylic acids is 3. The quantitative estimate of drug-likeness (QED) is 0.320. The number of benzene rings is 3. The SMILES string of the molecule is COc1cc([C@@H]2[C@@H](C(=O)C(C)(C)C)N3c4ccc(Cl)cc4C=C[C@H]3C23C(=O)c2ccccc2C3=O)cc(OC)c1OC. The number of halogens is 1. The third kappa shape index (κ3) is 3.69. The Kier molecular flexibility index (Phi) is 6.50. The molecule has 1 aliphatic carbocycles. The summed E-state index contributed by atoms with van der Waals surface area (Å²) in [6.45, 7) is 5.57. The van der Waals surface area contributed by atoms with E-state index in [1.807, 2.05) is 50.0 Å². The fourth-order valence-corrected chi connectivity index (χ4v) is 7.23. The van der Waals surface area contributed by atoms with E-state index in [0.717, 1.165) is 11.3 Å². The first-order valence-corrected chi connectivity index (χ1v) is 14.2. The van der Waals surface area contributed by atoms with Crippen LogP contribution >= 0.6 is 11.6 Å². The van der Waals surface area contributed by atoms with Crippen LogP contribution in [0.5, 0.6) is 17.2 Å². The molecule has 3 aliphatic rings. The number of fused-ring (bicyclic) bond motifs is 5. The smallest absolute Gasteiger partial charge is 0.203 e. The lowest BCUT2D eigenvalue weighted by molar-refractivity contribution is -0.127. The summed E-state index contributed by atoms with van der Waals surface area (Å²) in [5.74, 6) is -0.484. The summed E-state index contributed by atoms with van der Waals surface area (Å²) in [6, 6.07) is 14.3. The molecule has 42 heavy (non-hydrogen) atoms. The highest BCUT2D eigenvalue weighted by molar-refractivity contribution is 6.32. The number of Topliss-reactive ketones (excluding diaryl/α,β-unsaturated/α-hetero) is 3. The predicted octanol–water partition coefficient (Wildman–Crippen LogP) is 6.41. The second kappa shape index (κ2) is 9.73. The Morgan fingerprint density at radius 1 is 0.881 bits per heavy atom. The molecule has 1 fully saturated rings. The van der Waals surface area contributed by atoms with Crippen LogP contribution in [0.4, 0.5) is 5.69 Å². The number of rotatable bonds is 5. The van der Waals surface area contributed by atoms with Gasteiger partial charge in [-0.2, -0.15) is 0 Å². The molecule has 3 aromatic rings. The third-order valence-electron chi connectivity index (χ3n) is 8.82. The molecular formula is C34H32ClNO6. The molecule has 3 atom stereocenters. The maximum atomic E-state index is 14.8. The first kappa shape index (κ1) is 28.0. The van der Waals surface area contributed by atoms with Crippen LogP contribution in [-0.4, -0.2) is 50.8 Å². The molecule has 0 unspecified atom stereocenters. The maximum absolute atomic E-state index is 14.8. The second-order valence-electron chi connectivity index (χ2n) is 12.0. The van der Waals surface area contributed by atoms with Gasteiger partial charge in [-0.15, -0.1) is 0 Å². The van der Waals surface area contributed by atoms with E-state index in [-0.39, 0.29) is 17.3 Å². The van der Waals surface area contributed by atoms with Gasteiger partial charge in [0, 0.05) is 33.2 Å². The van der Waals surface area contributed by atoms with Crippen LogP contribution in [0.15, 0.2) is 60.7 Å². The molecule has 0 radical (unpaired) electrons. The zero-order valence-electron chi connectivity index (χ0n) is 24.4. The molecule has 1 spiro atoms. The average Bonchev–Trinajstić information content (AvgIpc) is 3.41. The third-order valence-corrected chi connectivity index (χ3v) is 9.05. The van der Waals surface area contributed by atoms with Gasteiger partial charge >= 0.3 is 0 Å². The highest BCUT2D eigenvalue weighted by atomic mass is 35.5. The van der Waals surface area contributed by atoms with E-state index < -0.39 is 28.8 Å². The number of hydrogen-bond acceptors (Lipinski definition) is 7. The molecule has 216 valence electrons. The topological polar surface area (TPSA) is 82.1 Å². The Labute approximate surface area is 250 Å². The van der Waals surface area contributed by atoms with Gasteiger partial charge in [0.1, 0.15) is 5.41 Å². The van der Waals surface area contributed by atoms with Crippen molar-refractivity contribution in [2.75, 3.05) is 26.2 Å². The van der Waals surface area contributed by atoms with Gasteiger partial charge in [-0.25, -0.2) is 0 Å². The van der Waals surface area contributed by atoms with Crippen LogP contribution in [0, 0.1) is 10.8 Å². The summed E-state index contributed by atoms with van der Waals surface area (Å²) in [5.41, 5.74) is 0.401. The first-order valence-electron chi connectivity index (χ1n) is 13.8. The van der Waals surface area contributed by atoms with E-state index in [0.29, 0.717) is 39.0 Å². The summed E-state index contributed by atoms with van der Waals surface area (Å²) in [4.78, 5) is 46.2. The van der Waals surface area contributed by atoms with Crippen LogP contribution < -0.4 is 19.1 Å². The Bertz CT molecular complexity index is 1630. The molecule has 6 rings (SSSR count). The molecule has 1 saturated heterocycles. The van der Waals surface area contributed by atoms with E-state index in [1.165, 1.54) is 21.3 Å². The van der Waals surface area contributed by atoms with Gasteiger partial charge in [0.15, 0.2) is 28.8 Å². The molecule has 0 amide bonds. The molecule has 0 N–H and O–H groups in total. The summed E-state index contributed by atoms with van der Waals surface area (Å²) >= 11 is 6.37. The monoisotopic (exact) mass is 585 g/mol. The fourth-order valence-electron chi connectivity index (χ4n) is 7.05. The highest BCUT2D eigenvalue weighted by Gasteiger charge is 2.72. The largest absolute Gasteiger partial charge is 0.493 e. The van der Waals surface area contributed by atoms with E-state index in [4.69, 9.17) is 25.8 Å². The van der Waals surface area contributed by atoms with Crippen molar-refractivity contribution in [3.05, 3.63) is 87.9 Å². The minimum absolute atomic E-state index is 0.101. The van der Waals surface area contributed by atoms with Gasteiger partial charge < -0.3 is 19.1 Å². The molecular weight excluding hydrogens is 554 g/mol. The van der Waals surface area contributed by atoms with Crippen molar-refractivity contribution in [2.24, 2.45) is 10.8 Å². The fraction of sp³-hybridized carbons (Fsp3) is 0.324. The van der Waals surface area contributed by atoms with Crippen molar-refractivity contribution < 1.29 is 28.6 Å². The van der Waals surface area contributed by atoms with Crippen molar-refractivity contribution in [3.8, 4) is 17.2 Å². The molecule has 2 aliphatic heterocycles. The van der Waals surface area contributed by atoms with Gasteiger partial charge in [-0.05, 0) is 41.5 Å². The number of methoxy groups -OCH3 is 3. The zero-order chi connectivity index (χ0) is 30.1. The Hall–Kier alpha value is -4.10. The van der Waals surface area contributed by atoms with Crippen LogP contribution in [0.2, 0.25) is 5.02 Å². The van der Waals surface area contributed by atoms with Crippen molar-refractivity contribution >= 4 is 40.7 Å². The van der Waals surface area contributed by atoms with E-state index >= 15 is 0 Å². The van der Waals surface area contributed by atoms with Gasteiger partial charge in [0.25, 0.3) is 0 Å². The second-order valence-corrected chi connectivity index (χ2v) is 12.4. The first-order chi connectivity index (χ1) is 20.0. The summed E-state index contributed by atoms with van der Waals surface area (Å²) < 4.78 is 17.0. The van der Waals surface area contributed by atoms with Crippen molar-refractivity contribution in [2.45, 2.75) is 38.8 Å². The molecule has 0 bridgehead atoms. The van der Waals surface area contributed by atoms with Crippen LogP contribution in [0.3, 0.4) is 0 Å². The molecule has 3 aromatic carbocycles. The number of carbonyl (C=O) groups is 3. The normalized spacial score (nSPS) is 21.7. The van der Waals surface area contributed by atoms with Crippen LogP contribution in [0.1, 0.15) is 58.5 Å². The zero-order valence-corrected chi connectivity index (χ0v) is 25.1. The predicted molar refractivity (Wildman–Crippen MR) is 161 cm³/mol. The Morgan fingerprint density at radius 3 is 2.00 bits per heavy atom. The van der Waals surface area contributed by atoms with Crippen molar-refractivity contribution in [3.63, 3.8) is 0 Å². The lowest BCUT2D eigenvalue weighted by atomic mass is 9.63. The molecule has 7 nitrogen and oxygen atoms in total.